The predicted octanol–water partition coefficient (Wildman–Crippen LogP) is 3.23. The van der Waals surface area contributed by atoms with Crippen molar-refractivity contribution in [2.45, 2.75) is 45.2 Å². The number of guanidine groups is 1. The Morgan fingerprint density at radius 3 is 2.75 bits per heavy atom. The summed E-state index contributed by atoms with van der Waals surface area (Å²) in [4.78, 5) is 11.9. The maximum Gasteiger partial charge on any atom is 0.191 e. The minimum absolute atomic E-state index is 0.514. The molecule has 1 unspecified atom stereocenters. The molecule has 1 aromatic carbocycles. The van der Waals surface area contributed by atoms with Crippen LogP contribution < -0.4 is 10.6 Å². The van der Waals surface area contributed by atoms with Crippen molar-refractivity contribution in [1.82, 2.24) is 20.5 Å². The number of nitrogens with one attached hydrogen (secondary N) is 2. The van der Waals surface area contributed by atoms with E-state index in [1.54, 1.807) is 0 Å². The number of hydrogen-bond acceptors (Lipinski definition) is 3. The van der Waals surface area contributed by atoms with Crippen LogP contribution in [0.2, 0.25) is 0 Å². The summed E-state index contributed by atoms with van der Waals surface area (Å²) in [7, 11) is 0. The first-order valence-electron chi connectivity index (χ1n) is 10.5. The molecule has 5 heteroatoms. The van der Waals surface area contributed by atoms with E-state index in [-0.39, 0.29) is 0 Å². The van der Waals surface area contributed by atoms with E-state index in [2.05, 4.69) is 63.8 Å². The zero-order valence-corrected chi connectivity index (χ0v) is 17.0. The van der Waals surface area contributed by atoms with Gasteiger partial charge in [0.15, 0.2) is 5.96 Å². The second kappa shape index (κ2) is 11.4. The van der Waals surface area contributed by atoms with E-state index in [9.17, 15) is 0 Å². The smallest absolute Gasteiger partial charge is 0.191 e. The van der Waals surface area contributed by atoms with Crippen LogP contribution in [0.4, 0.5) is 0 Å². The summed E-state index contributed by atoms with van der Waals surface area (Å²) in [5.41, 5.74) is 2.49. The van der Waals surface area contributed by atoms with Crippen LogP contribution in [-0.2, 0) is 13.0 Å². The molecule has 0 spiro atoms. The van der Waals surface area contributed by atoms with Gasteiger partial charge in [-0.15, -0.1) is 0 Å². The van der Waals surface area contributed by atoms with Crippen molar-refractivity contribution in [1.29, 1.82) is 0 Å². The van der Waals surface area contributed by atoms with E-state index >= 15 is 0 Å². The SMILES string of the molecule is CCNC(=NCC1CCCCN1Cc1ccccc1)NCCc1ccccn1. The highest BCUT2D eigenvalue weighted by Crippen LogP contribution is 2.20. The van der Waals surface area contributed by atoms with Gasteiger partial charge >= 0.3 is 0 Å². The number of piperidine rings is 1. The van der Waals surface area contributed by atoms with E-state index in [0.717, 1.165) is 44.3 Å². The average molecular weight is 380 g/mol. The van der Waals surface area contributed by atoms with Gasteiger partial charge < -0.3 is 10.6 Å². The molecule has 2 aromatic rings. The van der Waals surface area contributed by atoms with Crippen LogP contribution >= 0.6 is 0 Å². The van der Waals surface area contributed by atoms with Gasteiger partial charge in [-0.3, -0.25) is 14.9 Å². The van der Waals surface area contributed by atoms with Crippen LogP contribution in [-0.4, -0.2) is 48.1 Å². The molecule has 1 aliphatic heterocycles. The number of likely N-dealkylation sites (tertiary alicyclic amines) is 1. The fourth-order valence-electron chi connectivity index (χ4n) is 3.69. The highest BCUT2D eigenvalue weighted by Gasteiger charge is 2.22. The van der Waals surface area contributed by atoms with Crippen molar-refractivity contribution in [2.24, 2.45) is 4.99 Å². The summed E-state index contributed by atoms with van der Waals surface area (Å²) in [6, 6.07) is 17.3. The van der Waals surface area contributed by atoms with Crippen molar-refractivity contribution in [3.05, 3.63) is 66.0 Å². The summed E-state index contributed by atoms with van der Waals surface area (Å²) in [5.74, 6) is 0.906. The summed E-state index contributed by atoms with van der Waals surface area (Å²) < 4.78 is 0. The second-order valence-corrected chi connectivity index (χ2v) is 7.32. The molecule has 0 amide bonds. The van der Waals surface area contributed by atoms with Gasteiger partial charge in [0, 0.05) is 44.0 Å². The molecule has 0 radical (unpaired) electrons. The third kappa shape index (κ3) is 6.64. The number of rotatable bonds is 8. The van der Waals surface area contributed by atoms with Gasteiger partial charge in [-0.1, -0.05) is 42.8 Å². The minimum atomic E-state index is 0.514. The van der Waals surface area contributed by atoms with Gasteiger partial charge in [0.1, 0.15) is 0 Å². The first kappa shape index (κ1) is 20.3. The number of hydrogen-bond donors (Lipinski definition) is 2. The first-order chi connectivity index (χ1) is 13.8. The molecule has 2 heterocycles. The molecule has 1 aromatic heterocycles. The summed E-state index contributed by atoms with van der Waals surface area (Å²) in [6.07, 6.45) is 6.56. The fraction of sp³-hybridized carbons (Fsp3) is 0.478. The molecule has 3 rings (SSSR count). The summed E-state index contributed by atoms with van der Waals surface area (Å²) in [5, 5.41) is 6.83. The molecule has 2 N–H and O–H groups in total. The third-order valence-electron chi connectivity index (χ3n) is 5.18. The zero-order chi connectivity index (χ0) is 19.4. The van der Waals surface area contributed by atoms with E-state index in [0.29, 0.717) is 6.04 Å². The van der Waals surface area contributed by atoms with E-state index in [1.807, 2.05) is 18.3 Å². The van der Waals surface area contributed by atoms with Gasteiger partial charge in [-0.05, 0) is 44.0 Å². The Hall–Kier alpha value is -2.40. The van der Waals surface area contributed by atoms with Crippen molar-refractivity contribution >= 4 is 5.96 Å². The maximum atomic E-state index is 4.89. The van der Waals surface area contributed by atoms with Gasteiger partial charge in [-0.25, -0.2) is 0 Å². The lowest BCUT2D eigenvalue weighted by atomic mass is 10.0. The maximum absolute atomic E-state index is 4.89. The molecule has 1 fully saturated rings. The number of benzene rings is 1. The standard InChI is InChI=1S/C23H33N5/c1-2-24-23(26-16-14-21-12-6-8-15-25-21)27-18-22-13-7-9-17-28(22)19-20-10-4-3-5-11-20/h3-6,8,10-12,15,22H,2,7,9,13-14,16-19H2,1H3,(H2,24,26,27). The zero-order valence-electron chi connectivity index (χ0n) is 17.0. The fourth-order valence-corrected chi connectivity index (χ4v) is 3.69. The molecule has 150 valence electrons. The molecule has 5 nitrogen and oxygen atoms in total. The Morgan fingerprint density at radius 1 is 1.11 bits per heavy atom. The molecule has 1 saturated heterocycles. The quantitative estimate of drug-likeness (QED) is 0.546. The number of aliphatic imine (C=N–C) groups is 1. The van der Waals surface area contributed by atoms with Crippen LogP contribution in [0.25, 0.3) is 0 Å². The Morgan fingerprint density at radius 2 is 1.96 bits per heavy atom. The van der Waals surface area contributed by atoms with Crippen LogP contribution in [0.3, 0.4) is 0 Å². The van der Waals surface area contributed by atoms with Crippen molar-refractivity contribution in [2.75, 3.05) is 26.2 Å². The van der Waals surface area contributed by atoms with Gasteiger partial charge in [-0.2, -0.15) is 0 Å². The highest BCUT2D eigenvalue weighted by molar-refractivity contribution is 5.79. The van der Waals surface area contributed by atoms with E-state index in [4.69, 9.17) is 4.99 Å². The average Bonchev–Trinajstić information content (AvgIpc) is 2.74. The Kier molecular flexibility index (Phi) is 8.31. The third-order valence-corrected chi connectivity index (χ3v) is 5.18. The Bertz CT molecular complexity index is 701. The molecule has 1 aliphatic rings. The molecule has 1 atom stereocenters. The summed E-state index contributed by atoms with van der Waals surface area (Å²) in [6.45, 7) is 6.84. The monoisotopic (exact) mass is 379 g/mol. The van der Waals surface area contributed by atoms with E-state index in [1.165, 1.54) is 31.4 Å². The van der Waals surface area contributed by atoms with Crippen LogP contribution in [0.15, 0.2) is 59.7 Å². The number of aromatic nitrogens is 1. The first-order valence-corrected chi connectivity index (χ1v) is 10.5. The summed E-state index contributed by atoms with van der Waals surface area (Å²) >= 11 is 0. The molecule has 0 saturated carbocycles. The van der Waals surface area contributed by atoms with Gasteiger partial charge in [0.05, 0.1) is 6.54 Å². The van der Waals surface area contributed by atoms with Gasteiger partial charge in [0.2, 0.25) is 0 Å². The number of pyridine rings is 1. The molecular weight excluding hydrogens is 346 g/mol. The van der Waals surface area contributed by atoms with Crippen molar-refractivity contribution in [3.8, 4) is 0 Å². The number of nitrogens with zero attached hydrogens (tertiary/aromatic N) is 3. The van der Waals surface area contributed by atoms with Crippen LogP contribution in [0, 0.1) is 0 Å². The minimum Gasteiger partial charge on any atom is -0.357 e. The van der Waals surface area contributed by atoms with Crippen molar-refractivity contribution in [3.63, 3.8) is 0 Å². The topological polar surface area (TPSA) is 52.6 Å². The Labute approximate surface area is 169 Å². The molecular formula is C23H33N5. The second-order valence-electron chi connectivity index (χ2n) is 7.32. The predicted molar refractivity (Wildman–Crippen MR) is 116 cm³/mol. The largest absolute Gasteiger partial charge is 0.357 e. The van der Waals surface area contributed by atoms with E-state index < -0.39 is 0 Å². The lowest BCUT2D eigenvalue weighted by molar-refractivity contribution is 0.145. The molecule has 28 heavy (non-hydrogen) atoms. The highest BCUT2D eigenvalue weighted by atomic mass is 15.2. The Balaban J connectivity index is 1.53. The molecule has 0 bridgehead atoms. The van der Waals surface area contributed by atoms with Gasteiger partial charge in [0.25, 0.3) is 0 Å². The van der Waals surface area contributed by atoms with Crippen LogP contribution in [0.1, 0.15) is 37.4 Å². The normalized spacial score (nSPS) is 18.0. The lowest BCUT2D eigenvalue weighted by Crippen LogP contribution is -2.43. The van der Waals surface area contributed by atoms with Crippen molar-refractivity contribution < 1.29 is 0 Å². The lowest BCUT2D eigenvalue weighted by Gasteiger charge is -2.35. The molecule has 0 aliphatic carbocycles. The van der Waals surface area contributed by atoms with Crippen LogP contribution in [0.5, 0.6) is 0 Å².